The maximum absolute atomic E-state index is 12.6. The molecule has 0 radical (unpaired) electrons. The summed E-state index contributed by atoms with van der Waals surface area (Å²) in [5.41, 5.74) is 3.83. The van der Waals surface area contributed by atoms with Crippen LogP contribution in [-0.2, 0) is 16.0 Å². The predicted octanol–water partition coefficient (Wildman–Crippen LogP) is 4.41. The lowest BCUT2D eigenvalue weighted by Crippen LogP contribution is -2.42. The number of nitrogens with zero attached hydrogens (tertiary/aromatic N) is 5. The van der Waals surface area contributed by atoms with Gasteiger partial charge in [0.2, 0.25) is 5.88 Å². The van der Waals surface area contributed by atoms with E-state index in [1.165, 1.54) is 7.11 Å². The van der Waals surface area contributed by atoms with E-state index in [1.807, 2.05) is 19.9 Å². The van der Waals surface area contributed by atoms with E-state index in [4.69, 9.17) is 19.6 Å². The number of aliphatic hydroxyl groups excluding tert-OH is 1. The molecule has 1 amide bonds. The van der Waals surface area contributed by atoms with E-state index in [0.29, 0.717) is 5.88 Å². The largest absolute Gasteiger partial charge is 0.465 e. The molecule has 0 spiro atoms. The van der Waals surface area contributed by atoms with Gasteiger partial charge in [0.25, 0.3) is 0 Å². The van der Waals surface area contributed by atoms with Crippen LogP contribution in [0.5, 0.6) is 5.88 Å². The molecule has 1 aliphatic carbocycles. The molecule has 10 heteroatoms. The first kappa shape index (κ1) is 26.5. The van der Waals surface area contributed by atoms with Crippen molar-refractivity contribution in [1.29, 1.82) is 0 Å². The molecule has 2 unspecified atom stereocenters. The van der Waals surface area contributed by atoms with Gasteiger partial charge < -0.3 is 23.9 Å². The Labute approximate surface area is 216 Å². The standard InChI is InChI=1S/C26H31N5O4.CH4O/c1-16-4-9-20-21(30(16)26(33)34-3)10-11-22-24(20)29-25(17(2)35-23-14-27-12-13-28-23)31(22)19-7-5-18(15-32)6-8-19;1-2/h10-19H,4-9H2,1-3H3;2H,1H3. The zero-order valence-corrected chi connectivity index (χ0v) is 21.8. The Hall–Kier alpha value is -3.53. The Bertz CT molecular complexity index is 1220. The van der Waals surface area contributed by atoms with Gasteiger partial charge in [0, 0.05) is 43.1 Å². The maximum Gasteiger partial charge on any atom is 0.414 e. The topological polar surface area (TPSA) is 120 Å². The SMILES string of the molecule is CO.COC(=O)N1c2ccc3c(nc(C(C)Oc4cnccn4)n3C3CCC(C=O)CC3)c2CCC1C. The first-order chi connectivity index (χ1) is 18.0. The lowest BCUT2D eigenvalue weighted by Gasteiger charge is -2.34. The second-order valence-electron chi connectivity index (χ2n) is 9.51. The second kappa shape index (κ2) is 11.7. The molecule has 2 atom stereocenters. The predicted molar refractivity (Wildman–Crippen MR) is 139 cm³/mol. The first-order valence-corrected chi connectivity index (χ1v) is 12.7. The van der Waals surface area contributed by atoms with Crippen molar-refractivity contribution in [2.45, 2.75) is 70.6 Å². The van der Waals surface area contributed by atoms with Gasteiger partial charge in [-0.15, -0.1) is 0 Å². The highest BCUT2D eigenvalue weighted by atomic mass is 16.5. The summed E-state index contributed by atoms with van der Waals surface area (Å²) in [7, 11) is 2.41. The van der Waals surface area contributed by atoms with Crippen LogP contribution in [0.2, 0.25) is 0 Å². The third-order valence-corrected chi connectivity index (χ3v) is 7.35. The van der Waals surface area contributed by atoms with Crippen LogP contribution in [0.15, 0.2) is 30.7 Å². The monoisotopic (exact) mass is 509 g/mol. The zero-order chi connectivity index (χ0) is 26.5. The van der Waals surface area contributed by atoms with Crippen LogP contribution in [-0.4, -0.2) is 57.3 Å². The molecule has 1 fully saturated rings. The molecular weight excluding hydrogens is 474 g/mol. The van der Waals surface area contributed by atoms with Crippen LogP contribution in [0.4, 0.5) is 10.5 Å². The fourth-order valence-electron chi connectivity index (χ4n) is 5.54. The fourth-order valence-corrected chi connectivity index (χ4v) is 5.54. The van der Waals surface area contributed by atoms with Crippen LogP contribution in [0.3, 0.4) is 0 Å². The molecule has 0 saturated heterocycles. The summed E-state index contributed by atoms with van der Waals surface area (Å²) in [4.78, 5) is 39.1. The zero-order valence-electron chi connectivity index (χ0n) is 21.8. The van der Waals surface area contributed by atoms with Crippen molar-refractivity contribution in [3.05, 3.63) is 42.1 Å². The van der Waals surface area contributed by atoms with Gasteiger partial charge in [-0.2, -0.15) is 0 Å². The Morgan fingerprint density at radius 2 is 1.92 bits per heavy atom. The molecule has 10 nitrogen and oxygen atoms in total. The third-order valence-electron chi connectivity index (χ3n) is 7.35. The lowest BCUT2D eigenvalue weighted by molar-refractivity contribution is -0.112. The number of benzene rings is 1. The number of ether oxygens (including phenoxy) is 2. The number of carbonyl (C=O) groups excluding carboxylic acids is 2. The van der Waals surface area contributed by atoms with Crippen LogP contribution in [0.25, 0.3) is 11.0 Å². The number of rotatable bonds is 5. The normalized spacial score (nSPS) is 21.9. The average molecular weight is 510 g/mol. The van der Waals surface area contributed by atoms with Crippen molar-refractivity contribution in [2.75, 3.05) is 19.1 Å². The average Bonchev–Trinajstić information content (AvgIpc) is 3.34. The minimum absolute atomic E-state index is 0.0477. The number of fused-ring (bicyclic) bond motifs is 3. The number of aldehydes is 1. The summed E-state index contributed by atoms with van der Waals surface area (Å²) in [5.74, 6) is 1.38. The highest BCUT2D eigenvalue weighted by Gasteiger charge is 2.34. The summed E-state index contributed by atoms with van der Waals surface area (Å²) in [5, 5.41) is 7.00. The molecule has 3 aromatic rings. The van der Waals surface area contributed by atoms with E-state index in [9.17, 15) is 9.59 Å². The van der Waals surface area contributed by atoms with E-state index in [0.717, 1.165) is 80.0 Å². The molecular formula is C27H35N5O5. The molecule has 1 N–H and O–H groups in total. The van der Waals surface area contributed by atoms with Crippen LogP contribution < -0.4 is 9.64 Å². The molecule has 1 saturated carbocycles. The van der Waals surface area contributed by atoms with Gasteiger partial charge in [-0.05, 0) is 64.5 Å². The van der Waals surface area contributed by atoms with E-state index in [1.54, 1.807) is 23.5 Å². The van der Waals surface area contributed by atoms with Crippen molar-refractivity contribution in [3.63, 3.8) is 0 Å². The molecule has 0 bridgehead atoms. The molecule has 5 rings (SSSR count). The summed E-state index contributed by atoms with van der Waals surface area (Å²) in [6.45, 7) is 4.01. The van der Waals surface area contributed by atoms with Crippen LogP contribution in [0, 0.1) is 5.92 Å². The highest BCUT2D eigenvalue weighted by Crippen LogP contribution is 2.41. The van der Waals surface area contributed by atoms with Gasteiger partial charge in [0.05, 0.1) is 30.0 Å². The number of aliphatic hydroxyl groups is 1. The smallest absolute Gasteiger partial charge is 0.414 e. The van der Waals surface area contributed by atoms with E-state index < -0.39 is 0 Å². The molecule has 1 aromatic carbocycles. The number of carbonyl (C=O) groups is 2. The Balaban J connectivity index is 0.00000156. The number of hydrogen-bond acceptors (Lipinski definition) is 8. The van der Waals surface area contributed by atoms with Crippen molar-refractivity contribution in [3.8, 4) is 5.88 Å². The molecule has 2 aromatic heterocycles. The molecule has 198 valence electrons. The third kappa shape index (κ3) is 5.16. The van der Waals surface area contributed by atoms with E-state index in [2.05, 4.69) is 20.6 Å². The van der Waals surface area contributed by atoms with E-state index in [-0.39, 0.29) is 30.2 Å². The quantitative estimate of drug-likeness (QED) is 0.502. The van der Waals surface area contributed by atoms with Crippen molar-refractivity contribution < 1.29 is 24.2 Å². The second-order valence-corrected chi connectivity index (χ2v) is 9.51. The summed E-state index contributed by atoms with van der Waals surface area (Å²) in [6.07, 6.45) is 10.4. The first-order valence-electron chi connectivity index (χ1n) is 12.7. The summed E-state index contributed by atoms with van der Waals surface area (Å²) >= 11 is 0. The van der Waals surface area contributed by atoms with E-state index >= 15 is 0 Å². The van der Waals surface area contributed by atoms with Crippen molar-refractivity contribution >= 4 is 29.1 Å². The Kier molecular flexibility index (Phi) is 8.38. The number of hydrogen-bond donors (Lipinski definition) is 1. The van der Waals surface area contributed by atoms with Gasteiger partial charge in [0.1, 0.15) is 6.29 Å². The molecule has 37 heavy (non-hydrogen) atoms. The number of anilines is 1. The van der Waals surface area contributed by atoms with Gasteiger partial charge in [-0.1, -0.05) is 0 Å². The Morgan fingerprint density at radius 1 is 1.16 bits per heavy atom. The highest BCUT2D eigenvalue weighted by molar-refractivity contribution is 5.95. The Morgan fingerprint density at radius 3 is 2.57 bits per heavy atom. The van der Waals surface area contributed by atoms with Gasteiger partial charge >= 0.3 is 6.09 Å². The number of amides is 1. The van der Waals surface area contributed by atoms with Crippen molar-refractivity contribution in [2.24, 2.45) is 5.92 Å². The minimum Gasteiger partial charge on any atom is -0.465 e. The lowest BCUT2D eigenvalue weighted by atomic mass is 9.86. The molecule has 1 aliphatic heterocycles. The van der Waals surface area contributed by atoms with Gasteiger partial charge in [0.15, 0.2) is 11.9 Å². The van der Waals surface area contributed by atoms with Crippen LogP contribution in [0.1, 0.15) is 69.5 Å². The van der Waals surface area contributed by atoms with Gasteiger partial charge in [-0.3, -0.25) is 9.88 Å². The van der Waals surface area contributed by atoms with Crippen molar-refractivity contribution in [1.82, 2.24) is 19.5 Å². The minimum atomic E-state index is -0.363. The maximum atomic E-state index is 12.6. The van der Waals surface area contributed by atoms with Gasteiger partial charge in [-0.25, -0.2) is 14.8 Å². The summed E-state index contributed by atoms with van der Waals surface area (Å²) in [6, 6.07) is 4.33. The number of aromatic nitrogens is 4. The number of methoxy groups -OCH3 is 1. The molecule has 3 heterocycles. The number of imidazole rings is 1. The fraction of sp³-hybridized carbons (Fsp3) is 0.519. The van der Waals surface area contributed by atoms with Crippen LogP contribution >= 0.6 is 0 Å². The molecule has 2 aliphatic rings. The summed E-state index contributed by atoms with van der Waals surface area (Å²) < 4.78 is 13.5. The number of aryl methyl sites for hydroxylation is 1.